The second-order valence-corrected chi connectivity index (χ2v) is 6.10. The van der Waals surface area contributed by atoms with Crippen LogP contribution in [0.5, 0.6) is 0 Å². The topological polar surface area (TPSA) is 131 Å². The van der Waals surface area contributed by atoms with Crippen LogP contribution >= 0.6 is 0 Å². The van der Waals surface area contributed by atoms with Crippen LogP contribution < -0.4 is 5.32 Å². The zero-order valence-corrected chi connectivity index (χ0v) is 17.1. The molecule has 1 aromatic carbocycles. The third-order valence-corrected chi connectivity index (χ3v) is 4.30. The molecule has 0 spiro atoms. The van der Waals surface area contributed by atoms with Gasteiger partial charge in [-0.15, -0.1) is 0 Å². The van der Waals surface area contributed by atoms with Gasteiger partial charge in [-0.05, 0) is 38.2 Å². The van der Waals surface area contributed by atoms with Crippen LogP contribution in [0.2, 0.25) is 0 Å². The fourth-order valence-corrected chi connectivity index (χ4v) is 2.83. The first-order chi connectivity index (χ1) is 13.9. The molecule has 9 nitrogen and oxygen atoms in total. The molecule has 1 unspecified atom stereocenters. The van der Waals surface area contributed by atoms with E-state index in [1.54, 1.807) is 35.9 Å². The second kappa shape index (κ2) is 11.6. The normalized spacial score (nSPS) is 14.8. The highest BCUT2D eigenvalue weighted by atomic mass is 16.4. The maximum absolute atomic E-state index is 11.1. The molecule has 1 aliphatic heterocycles. The smallest absolute Gasteiger partial charge is 0.339 e. The number of aromatic carboxylic acids is 1. The van der Waals surface area contributed by atoms with Crippen LogP contribution in [0.25, 0.3) is 0 Å². The number of benzene rings is 1. The summed E-state index contributed by atoms with van der Waals surface area (Å²) in [6, 6.07) is 8.62. The molecule has 3 rings (SSSR count). The molecule has 1 aromatic heterocycles. The highest BCUT2D eigenvalue weighted by molar-refractivity contribution is 5.90. The quantitative estimate of drug-likeness (QED) is 0.666. The molecule has 0 aliphatic carbocycles. The first kappa shape index (κ1) is 23.8. The van der Waals surface area contributed by atoms with Gasteiger partial charge in [0.1, 0.15) is 5.56 Å². The lowest BCUT2D eigenvalue weighted by molar-refractivity contribution is -0.105. The summed E-state index contributed by atoms with van der Waals surface area (Å²) < 4.78 is 1.69. The summed E-state index contributed by atoms with van der Waals surface area (Å²) in [6.45, 7) is 6.80. The van der Waals surface area contributed by atoms with Gasteiger partial charge in [0.15, 0.2) is 0 Å². The summed E-state index contributed by atoms with van der Waals surface area (Å²) in [5.41, 5.74) is 2.83. The van der Waals surface area contributed by atoms with Gasteiger partial charge in [0.25, 0.3) is 0 Å². The predicted molar refractivity (Wildman–Crippen MR) is 108 cm³/mol. The number of nitriles is 1. The van der Waals surface area contributed by atoms with E-state index in [2.05, 4.69) is 10.4 Å². The number of hydrogen-bond acceptors (Lipinski definition) is 6. The predicted octanol–water partition coefficient (Wildman–Crippen LogP) is 1.85. The summed E-state index contributed by atoms with van der Waals surface area (Å²) in [4.78, 5) is 23.0. The van der Waals surface area contributed by atoms with E-state index in [0.717, 1.165) is 5.69 Å². The lowest BCUT2D eigenvalue weighted by atomic mass is 10.1. The van der Waals surface area contributed by atoms with Crippen molar-refractivity contribution in [3.8, 4) is 6.07 Å². The van der Waals surface area contributed by atoms with Crippen LogP contribution in [-0.2, 0) is 17.9 Å². The third-order valence-electron chi connectivity index (χ3n) is 4.30. The van der Waals surface area contributed by atoms with Gasteiger partial charge >= 0.3 is 5.97 Å². The van der Waals surface area contributed by atoms with Crippen LogP contribution in [-0.4, -0.2) is 57.0 Å². The van der Waals surface area contributed by atoms with E-state index in [1.165, 1.54) is 0 Å². The van der Waals surface area contributed by atoms with Crippen molar-refractivity contribution >= 4 is 18.1 Å². The van der Waals surface area contributed by atoms with E-state index in [1.807, 2.05) is 31.9 Å². The lowest BCUT2D eigenvalue weighted by Crippen LogP contribution is -2.43. The second-order valence-electron chi connectivity index (χ2n) is 6.10. The maximum Gasteiger partial charge on any atom is 0.339 e. The number of carboxylic acid groups (broad SMARTS) is 1. The van der Waals surface area contributed by atoms with Crippen molar-refractivity contribution in [2.75, 3.05) is 19.0 Å². The molecule has 9 heteroatoms. The molecule has 0 saturated carbocycles. The van der Waals surface area contributed by atoms with E-state index in [9.17, 15) is 14.7 Å². The Hall–Kier alpha value is -3.22. The van der Waals surface area contributed by atoms with Crippen molar-refractivity contribution in [2.24, 2.45) is 0 Å². The number of aryl methyl sites for hydroxylation is 1. The number of aromatic nitrogens is 2. The number of aliphatic hydroxyl groups excluding tert-OH is 1. The average molecular weight is 401 g/mol. The van der Waals surface area contributed by atoms with E-state index >= 15 is 0 Å². The molecule has 29 heavy (non-hydrogen) atoms. The summed E-state index contributed by atoms with van der Waals surface area (Å²) in [6.07, 6.45) is 0.599. The van der Waals surface area contributed by atoms with E-state index in [-0.39, 0.29) is 12.6 Å². The Labute approximate surface area is 170 Å². The number of carbonyl (C=O) groups excluding carboxylic acids is 1. The van der Waals surface area contributed by atoms with Crippen molar-refractivity contribution in [1.29, 1.82) is 5.26 Å². The Morgan fingerprint density at radius 2 is 2.00 bits per heavy atom. The number of anilines is 1. The van der Waals surface area contributed by atoms with Gasteiger partial charge in [0, 0.05) is 12.2 Å². The molecule has 2 heterocycles. The summed E-state index contributed by atoms with van der Waals surface area (Å²) in [5.74, 6) is -0.936. The monoisotopic (exact) mass is 401 g/mol. The van der Waals surface area contributed by atoms with Crippen LogP contribution in [0.3, 0.4) is 0 Å². The molecule has 0 radical (unpaired) electrons. The van der Waals surface area contributed by atoms with Gasteiger partial charge in [0.2, 0.25) is 6.41 Å². The van der Waals surface area contributed by atoms with E-state index in [4.69, 9.17) is 10.4 Å². The first-order valence-electron chi connectivity index (χ1n) is 9.22. The Bertz CT molecular complexity index is 855. The van der Waals surface area contributed by atoms with Gasteiger partial charge in [0.05, 0.1) is 42.2 Å². The van der Waals surface area contributed by atoms with Crippen molar-refractivity contribution in [2.45, 2.75) is 39.9 Å². The molecule has 0 fully saturated rings. The van der Waals surface area contributed by atoms with Crippen molar-refractivity contribution < 1.29 is 19.8 Å². The van der Waals surface area contributed by atoms with Gasteiger partial charge < -0.3 is 15.5 Å². The highest BCUT2D eigenvalue weighted by Gasteiger charge is 2.29. The fourth-order valence-electron chi connectivity index (χ4n) is 2.83. The summed E-state index contributed by atoms with van der Waals surface area (Å²) >= 11 is 0. The Kier molecular flexibility index (Phi) is 9.51. The van der Waals surface area contributed by atoms with E-state index < -0.39 is 5.97 Å². The van der Waals surface area contributed by atoms with Crippen LogP contribution in [0.4, 0.5) is 5.69 Å². The number of amides is 1. The number of hydrogen-bond donors (Lipinski definition) is 3. The van der Waals surface area contributed by atoms with Crippen LogP contribution in [0.1, 0.15) is 41.2 Å². The summed E-state index contributed by atoms with van der Waals surface area (Å²) in [7, 11) is 1.87. The number of carboxylic acids is 1. The van der Waals surface area contributed by atoms with Crippen molar-refractivity contribution in [1.82, 2.24) is 14.7 Å². The SMILES string of the molecule is CC.Cc1nn2c(c1C(=O)O)CN(C)C(CO)C2.N#Cc1ccc(NC=O)cc1. The zero-order chi connectivity index (χ0) is 22.0. The Morgan fingerprint density at radius 3 is 2.48 bits per heavy atom. The van der Waals surface area contributed by atoms with Crippen molar-refractivity contribution in [3.05, 3.63) is 46.8 Å². The molecule has 2 aromatic rings. The molecule has 3 N–H and O–H groups in total. The summed E-state index contributed by atoms with van der Waals surface area (Å²) in [5, 5.41) is 33.4. The molecule has 0 bridgehead atoms. The minimum absolute atomic E-state index is 0.00782. The highest BCUT2D eigenvalue weighted by Crippen LogP contribution is 2.21. The fraction of sp³-hybridized carbons (Fsp3) is 0.400. The standard InChI is InChI=1S/C10H15N3O3.C8H6N2O.C2H6/c1-6-9(10(15)16)8-4-12(2)7(5-14)3-13(8)11-6;9-5-7-1-3-8(4-2-7)10-6-11;1-2/h7,14H,3-5H2,1-2H3,(H,15,16);1-4,6H,(H,10,11);1-2H3. The van der Waals surface area contributed by atoms with E-state index in [0.29, 0.717) is 42.0 Å². The number of aliphatic hydroxyl groups is 1. The van der Waals surface area contributed by atoms with Gasteiger partial charge in [-0.1, -0.05) is 13.8 Å². The number of likely N-dealkylation sites (N-methyl/N-ethyl adjacent to an activating group) is 1. The lowest BCUT2D eigenvalue weighted by Gasteiger charge is -2.31. The minimum atomic E-state index is -0.936. The number of carbonyl (C=O) groups is 2. The molecule has 156 valence electrons. The molecular weight excluding hydrogens is 374 g/mol. The third kappa shape index (κ3) is 6.14. The zero-order valence-electron chi connectivity index (χ0n) is 17.1. The van der Waals surface area contributed by atoms with Crippen LogP contribution in [0, 0.1) is 18.3 Å². The van der Waals surface area contributed by atoms with Gasteiger partial charge in [-0.3, -0.25) is 14.4 Å². The molecule has 1 aliphatic rings. The van der Waals surface area contributed by atoms with Crippen LogP contribution in [0.15, 0.2) is 24.3 Å². The number of rotatable bonds is 4. The van der Waals surface area contributed by atoms with Gasteiger partial charge in [-0.25, -0.2) is 4.79 Å². The first-order valence-corrected chi connectivity index (χ1v) is 9.22. The molecule has 0 saturated heterocycles. The molecular formula is C20H27N5O4. The average Bonchev–Trinajstić information content (AvgIpc) is 3.05. The minimum Gasteiger partial charge on any atom is -0.478 e. The molecule has 1 atom stereocenters. The maximum atomic E-state index is 11.1. The van der Waals surface area contributed by atoms with Crippen molar-refractivity contribution in [3.63, 3.8) is 0 Å². The molecule has 1 amide bonds. The number of nitrogens with zero attached hydrogens (tertiary/aromatic N) is 4. The van der Waals surface area contributed by atoms with Gasteiger partial charge in [-0.2, -0.15) is 10.4 Å². The largest absolute Gasteiger partial charge is 0.478 e. The number of nitrogens with one attached hydrogen (secondary N) is 1. The Balaban J connectivity index is 0.000000284. The number of fused-ring (bicyclic) bond motifs is 1. The Morgan fingerprint density at radius 1 is 1.38 bits per heavy atom.